The fourth-order valence-electron chi connectivity index (χ4n) is 5.23. The quantitative estimate of drug-likeness (QED) is 0.275. The SMILES string of the molecule is [C-]#[N+]C(C#N)(CC1CCC(CCCCCCC)CC1)c1ccc(-c2ccc(C)cc2)cc1. The molecule has 0 aliphatic heterocycles. The highest BCUT2D eigenvalue weighted by molar-refractivity contribution is 5.64. The first-order valence-electron chi connectivity index (χ1n) is 12.6. The first-order chi connectivity index (χ1) is 15.6. The fraction of sp³-hybridized carbons (Fsp3) is 0.533. The summed E-state index contributed by atoms with van der Waals surface area (Å²) in [5.74, 6) is 1.34. The summed E-state index contributed by atoms with van der Waals surface area (Å²) in [6.07, 6.45) is 13.7. The second kappa shape index (κ2) is 11.9. The lowest BCUT2D eigenvalue weighted by Gasteiger charge is -2.30. The van der Waals surface area contributed by atoms with Gasteiger partial charge in [-0.25, -0.2) is 6.57 Å². The van der Waals surface area contributed by atoms with Crippen molar-refractivity contribution < 1.29 is 0 Å². The second-order valence-corrected chi connectivity index (χ2v) is 9.82. The molecule has 0 aromatic heterocycles. The Labute approximate surface area is 195 Å². The van der Waals surface area contributed by atoms with Crippen LogP contribution in [0.15, 0.2) is 48.5 Å². The van der Waals surface area contributed by atoms with Crippen molar-refractivity contribution in [2.45, 2.75) is 90.0 Å². The van der Waals surface area contributed by atoms with Crippen LogP contribution in [0.4, 0.5) is 0 Å². The summed E-state index contributed by atoms with van der Waals surface area (Å²) >= 11 is 0. The predicted octanol–water partition coefficient (Wildman–Crippen LogP) is 8.86. The maximum Gasteiger partial charge on any atom is 0.341 e. The molecule has 1 atom stereocenters. The smallest absolute Gasteiger partial charge is 0.289 e. The van der Waals surface area contributed by atoms with Gasteiger partial charge in [0.15, 0.2) is 6.07 Å². The second-order valence-electron chi connectivity index (χ2n) is 9.82. The number of benzene rings is 2. The molecule has 0 bridgehead atoms. The number of hydrogen-bond donors (Lipinski definition) is 0. The third kappa shape index (κ3) is 6.23. The summed E-state index contributed by atoms with van der Waals surface area (Å²) in [5, 5.41) is 10.1. The Bertz CT molecular complexity index is 889. The molecule has 0 heterocycles. The topological polar surface area (TPSA) is 28.1 Å². The van der Waals surface area contributed by atoms with E-state index in [1.165, 1.54) is 75.3 Å². The molecule has 2 nitrogen and oxygen atoms in total. The van der Waals surface area contributed by atoms with Crippen LogP contribution in [0.5, 0.6) is 0 Å². The highest BCUT2D eigenvalue weighted by atomic mass is 14.8. The Kier molecular flexibility index (Phi) is 8.93. The summed E-state index contributed by atoms with van der Waals surface area (Å²) in [4.78, 5) is 3.90. The lowest BCUT2D eigenvalue weighted by molar-refractivity contribution is 0.234. The van der Waals surface area contributed by atoms with E-state index in [-0.39, 0.29) is 0 Å². The zero-order valence-electron chi connectivity index (χ0n) is 19.9. The molecule has 168 valence electrons. The van der Waals surface area contributed by atoms with E-state index >= 15 is 0 Å². The van der Waals surface area contributed by atoms with Crippen molar-refractivity contribution in [3.8, 4) is 17.2 Å². The summed E-state index contributed by atoms with van der Waals surface area (Å²) in [7, 11) is 0. The molecule has 1 fully saturated rings. The van der Waals surface area contributed by atoms with Crippen molar-refractivity contribution in [3.05, 3.63) is 71.1 Å². The van der Waals surface area contributed by atoms with Crippen molar-refractivity contribution >= 4 is 0 Å². The molecule has 2 aromatic carbocycles. The normalized spacial score (nSPS) is 20.1. The van der Waals surface area contributed by atoms with Gasteiger partial charge in [-0.05, 0) is 54.9 Å². The third-order valence-electron chi connectivity index (χ3n) is 7.39. The van der Waals surface area contributed by atoms with Crippen molar-refractivity contribution in [3.63, 3.8) is 0 Å². The van der Waals surface area contributed by atoms with Gasteiger partial charge in [0.05, 0.1) is 5.56 Å². The monoisotopic (exact) mass is 426 g/mol. The van der Waals surface area contributed by atoms with Crippen molar-refractivity contribution in [2.75, 3.05) is 0 Å². The van der Waals surface area contributed by atoms with E-state index < -0.39 is 5.54 Å². The fourth-order valence-corrected chi connectivity index (χ4v) is 5.23. The molecule has 2 aromatic rings. The average molecular weight is 427 g/mol. The molecule has 1 saturated carbocycles. The molecule has 0 spiro atoms. The van der Waals surface area contributed by atoms with Crippen LogP contribution in [0.1, 0.15) is 88.7 Å². The molecule has 3 rings (SSSR count). The van der Waals surface area contributed by atoms with Gasteiger partial charge < -0.3 is 0 Å². The van der Waals surface area contributed by atoms with Crippen LogP contribution in [-0.2, 0) is 5.54 Å². The highest BCUT2D eigenvalue weighted by Crippen LogP contribution is 2.41. The van der Waals surface area contributed by atoms with Crippen LogP contribution in [0.2, 0.25) is 0 Å². The zero-order chi connectivity index (χ0) is 22.8. The van der Waals surface area contributed by atoms with Gasteiger partial charge in [0, 0.05) is 6.42 Å². The predicted molar refractivity (Wildman–Crippen MR) is 134 cm³/mol. The van der Waals surface area contributed by atoms with E-state index in [2.05, 4.69) is 61.2 Å². The first kappa shape index (κ1) is 24.1. The van der Waals surface area contributed by atoms with Gasteiger partial charge in [-0.3, -0.25) is 4.85 Å². The first-order valence-corrected chi connectivity index (χ1v) is 12.6. The highest BCUT2D eigenvalue weighted by Gasteiger charge is 2.42. The van der Waals surface area contributed by atoms with Gasteiger partial charge in [0.2, 0.25) is 0 Å². The van der Waals surface area contributed by atoms with Crippen LogP contribution < -0.4 is 0 Å². The number of nitriles is 1. The van der Waals surface area contributed by atoms with Gasteiger partial charge in [-0.15, -0.1) is 0 Å². The van der Waals surface area contributed by atoms with Crippen molar-refractivity contribution in [1.29, 1.82) is 5.26 Å². The molecule has 1 unspecified atom stereocenters. The van der Waals surface area contributed by atoms with Gasteiger partial charge in [0.1, 0.15) is 0 Å². The summed E-state index contributed by atoms with van der Waals surface area (Å²) in [5.41, 5.74) is 3.34. The Morgan fingerprint density at radius 3 is 2.00 bits per heavy atom. The lowest BCUT2D eigenvalue weighted by atomic mass is 9.73. The number of unbranched alkanes of at least 4 members (excludes halogenated alkanes) is 4. The number of aryl methyl sites for hydroxylation is 1. The summed E-state index contributed by atoms with van der Waals surface area (Å²) < 4.78 is 0. The van der Waals surface area contributed by atoms with Crippen LogP contribution in [0, 0.1) is 36.7 Å². The van der Waals surface area contributed by atoms with E-state index in [9.17, 15) is 5.26 Å². The van der Waals surface area contributed by atoms with Gasteiger partial charge in [-0.2, -0.15) is 5.26 Å². The van der Waals surface area contributed by atoms with Gasteiger partial charge in [0.25, 0.3) is 0 Å². The Balaban J connectivity index is 1.58. The summed E-state index contributed by atoms with van der Waals surface area (Å²) in [6.45, 7) is 12.3. The largest absolute Gasteiger partial charge is 0.341 e. The number of hydrogen-bond acceptors (Lipinski definition) is 1. The van der Waals surface area contributed by atoms with E-state index in [0.29, 0.717) is 12.3 Å². The Morgan fingerprint density at radius 2 is 1.44 bits per heavy atom. The third-order valence-corrected chi connectivity index (χ3v) is 7.39. The molecule has 32 heavy (non-hydrogen) atoms. The molecule has 0 N–H and O–H groups in total. The van der Waals surface area contributed by atoms with Crippen LogP contribution >= 0.6 is 0 Å². The van der Waals surface area contributed by atoms with E-state index in [1.54, 1.807) is 0 Å². The molecule has 0 radical (unpaired) electrons. The Hall–Kier alpha value is -2.58. The van der Waals surface area contributed by atoms with Crippen molar-refractivity contribution in [2.24, 2.45) is 11.8 Å². The molecular weight excluding hydrogens is 388 g/mol. The van der Waals surface area contributed by atoms with Crippen LogP contribution in [0.3, 0.4) is 0 Å². The maximum atomic E-state index is 10.1. The average Bonchev–Trinajstić information content (AvgIpc) is 2.84. The molecule has 0 amide bonds. The maximum absolute atomic E-state index is 10.1. The molecule has 1 aliphatic rings. The Morgan fingerprint density at radius 1 is 0.875 bits per heavy atom. The van der Waals surface area contributed by atoms with E-state index in [0.717, 1.165) is 17.0 Å². The molecule has 1 aliphatic carbocycles. The molecule has 0 saturated heterocycles. The van der Waals surface area contributed by atoms with E-state index in [4.69, 9.17) is 6.57 Å². The minimum atomic E-state index is -1.05. The molecular formula is C30H38N2. The van der Waals surface area contributed by atoms with Crippen molar-refractivity contribution in [1.82, 2.24) is 0 Å². The number of nitrogens with zero attached hydrogens (tertiary/aromatic N) is 2. The van der Waals surface area contributed by atoms with Crippen LogP contribution in [-0.4, -0.2) is 0 Å². The minimum absolute atomic E-state index is 0.483. The zero-order valence-corrected chi connectivity index (χ0v) is 19.9. The standard InChI is InChI=1S/C30H38N2/c1-4-5-6-7-8-9-25-12-14-26(15-13-25)22-30(23-31,32-3)29-20-18-28(19-21-29)27-16-10-24(2)11-17-27/h10-11,16-21,25-26H,4-9,12-15,22H2,1-2H3. The van der Waals surface area contributed by atoms with Gasteiger partial charge >= 0.3 is 5.54 Å². The minimum Gasteiger partial charge on any atom is -0.289 e. The van der Waals surface area contributed by atoms with Gasteiger partial charge in [-0.1, -0.05) is 100 Å². The summed E-state index contributed by atoms with van der Waals surface area (Å²) in [6, 6.07) is 19.0. The lowest BCUT2D eigenvalue weighted by Crippen LogP contribution is -2.26. The van der Waals surface area contributed by atoms with Crippen LogP contribution in [0.25, 0.3) is 16.0 Å². The molecule has 2 heteroatoms. The van der Waals surface area contributed by atoms with E-state index in [1.807, 2.05) is 12.1 Å². The number of rotatable bonds is 10.